The number of likely N-dealkylation sites (tertiary alicyclic amines) is 1. The normalized spacial score (nSPS) is 13.9. The molecular weight excluding hydrogens is 460 g/mol. The molecule has 1 aliphatic rings. The second-order valence-electron chi connectivity index (χ2n) is 9.89. The lowest BCUT2D eigenvalue weighted by Gasteiger charge is -2.26. The first kappa shape index (κ1) is 28.6. The van der Waals surface area contributed by atoms with Gasteiger partial charge in [-0.15, -0.1) is 0 Å². The van der Waals surface area contributed by atoms with Crippen LogP contribution in [-0.4, -0.2) is 63.0 Å². The van der Waals surface area contributed by atoms with E-state index in [4.69, 9.17) is 4.98 Å². The molecule has 2 aromatic heterocycles. The zero-order valence-electron chi connectivity index (χ0n) is 22.1. The molecule has 1 aromatic carbocycles. The number of unbranched alkanes of at least 4 members (excludes halogenated alkanes) is 2. The summed E-state index contributed by atoms with van der Waals surface area (Å²) >= 11 is 0. The predicted octanol–water partition coefficient (Wildman–Crippen LogP) is 6.73. The van der Waals surface area contributed by atoms with Crippen molar-refractivity contribution in [2.75, 3.05) is 38.0 Å². The highest BCUT2D eigenvalue weighted by Gasteiger charge is 2.20. The van der Waals surface area contributed by atoms with Crippen molar-refractivity contribution in [3.63, 3.8) is 0 Å². The Bertz CT molecular complexity index is 1080. The monoisotopic (exact) mass is 506 g/mol. The number of hydrogen-bond donors (Lipinski definition) is 1. The van der Waals surface area contributed by atoms with Gasteiger partial charge in [-0.05, 0) is 69.9 Å². The van der Waals surface area contributed by atoms with Gasteiger partial charge in [0.05, 0.1) is 11.7 Å². The summed E-state index contributed by atoms with van der Waals surface area (Å²) < 4.78 is 2.23. The lowest BCUT2D eigenvalue weighted by molar-refractivity contribution is 0.0745. The Labute approximate surface area is 223 Å². The van der Waals surface area contributed by atoms with Crippen molar-refractivity contribution in [2.24, 2.45) is 0 Å². The highest BCUT2D eigenvalue weighted by Crippen LogP contribution is 2.24. The van der Waals surface area contributed by atoms with Gasteiger partial charge >= 0.3 is 0 Å². The van der Waals surface area contributed by atoms with E-state index in [-0.39, 0.29) is 13.3 Å². The van der Waals surface area contributed by atoms with Gasteiger partial charge in [-0.3, -0.25) is 4.79 Å². The Kier molecular flexibility index (Phi) is 11.4. The largest absolute Gasteiger partial charge is 0.337 e. The minimum atomic E-state index is 0. The maximum Gasteiger partial charge on any atom is 0.272 e. The van der Waals surface area contributed by atoms with E-state index in [1.165, 1.54) is 32.4 Å². The third-order valence-corrected chi connectivity index (χ3v) is 7.04. The van der Waals surface area contributed by atoms with E-state index in [9.17, 15) is 4.79 Å². The van der Waals surface area contributed by atoms with Crippen LogP contribution in [0.15, 0.2) is 42.6 Å². The molecule has 0 bridgehead atoms. The fraction of sp³-hybridized carbons (Fsp3) is 0.567. The van der Waals surface area contributed by atoms with E-state index in [0.717, 1.165) is 81.0 Å². The van der Waals surface area contributed by atoms with E-state index >= 15 is 0 Å². The van der Waals surface area contributed by atoms with E-state index < -0.39 is 0 Å². The Balaban J connectivity index is 0.00000380. The van der Waals surface area contributed by atoms with Gasteiger partial charge in [-0.25, -0.2) is 9.97 Å². The van der Waals surface area contributed by atoms with Crippen molar-refractivity contribution in [2.45, 2.75) is 79.2 Å². The van der Waals surface area contributed by atoms with Gasteiger partial charge in [-0.1, -0.05) is 58.7 Å². The van der Waals surface area contributed by atoms with Crippen LogP contribution >= 0.6 is 0 Å². The molecule has 7 nitrogen and oxygen atoms in total. The number of benzene rings is 1. The van der Waals surface area contributed by atoms with Crippen LogP contribution in [0.1, 0.15) is 83.1 Å². The molecule has 1 N–H and O–H groups in total. The molecule has 0 saturated carbocycles. The van der Waals surface area contributed by atoms with Crippen molar-refractivity contribution in [1.29, 1.82) is 0 Å². The van der Waals surface area contributed by atoms with Crippen LogP contribution in [0.2, 0.25) is 0 Å². The number of anilines is 2. The minimum absolute atomic E-state index is 0. The van der Waals surface area contributed by atoms with Crippen LogP contribution in [0.3, 0.4) is 0 Å². The molecule has 3 heterocycles. The maximum absolute atomic E-state index is 13.4. The molecular formula is C30H46N6O. The third kappa shape index (κ3) is 7.78. The number of aromatic nitrogens is 3. The van der Waals surface area contributed by atoms with Crippen molar-refractivity contribution >= 4 is 28.6 Å². The summed E-state index contributed by atoms with van der Waals surface area (Å²) in [6, 6.07) is 12.1. The van der Waals surface area contributed by atoms with E-state index in [0.29, 0.717) is 5.69 Å². The molecule has 1 fully saturated rings. The average Bonchev–Trinajstić information content (AvgIpc) is 3.25. The summed E-state index contributed by atoms with van der Waals surface area (Å²) in [7, 11) is 0. The van der Waals surface area contributed by atoms with Gasteiger partial charge < -0.3 is 19.7 Å². The molecule has 4 rings (SSSR count). The molecule has 0 unspecified atom stereocenters. The summed E-state index contributed by atoms with van der Waals surface area (Å²) in [6.07, 6.45) is 10.9. The Morgan fingerprint density at radius 2 is 1.68 bits per heavy atom. The lowest BCUT2D eigenvalue weighted by atomic mass is 10.1. The molecule has 1 saturated heterocycles. The second kappa shape index (κ2) is 14.7. The Morgan fingerprint density at radius 3 is 2.35 bits per heavy atom. The molecule has 1 amide bonds. The zero-order chi connectivity index (χ0) is 25.2. The Hall–Kier alpha value is -2.93. The fourth-order valence-electron chi connectivity index (χ4n) is 4.93. The van der Waals surface area contributed by atoms with Crippen LogP contribution in [-0.2, 0) is 6.54 Å². The number of nitrogens with zero attached hydrogens (tertiary/aromatic N) is 5. The van der Waals surface area contributed by atoms with Crippen LogP contribution in [0.4, 0.5) is 11.6 Å². The van der Waals surface area contributed by atoms with Crippen molar-refractivity contribution in [1.82, 2.24) is 24.3 Å². The highest BCUT2D eigenvalue weighted by molar-refractivity contribution is 5.95. The SMILES string of the molecule is C.CCCCN(CCCC)C(=O)c1cc2c(cn1)nc(Nc1ccccc1)n2CCCN1CCCCC1. The molecule has 0 radical (unpaired) electrons. The second-order valence-corrected chi connectivity index (χ2v) is 9.89. The number of piperidine rings is 1. The molecule has 0 atom stereocenters. The van der Waals surface area contributed by atoms with Crippen LogP contribution in [0, 0.1) is 0 Å². The number of fused-ring (bicyclic) bond motifs is 1. The van der Waals surface area contributed by atoms with Gasteiger partial charge in [0.2, 0.25) is 5.95 Å². The molecule has 1 aliphatic heterocycles. The first-order valence-electron chi connectivity index (χ1n) is 13.9. The van der Waals surface area contributed by atoms with E-state index in [1.807, 2.05) is 41.3 Å². The number of pyridine rings is 1. The molecule has 0 spiro atoms. The van der Waals surface area contributed by atoms with Crippen molar-refractivity contribution < 1.29 is 4.79 Å². The summed E-state index contributed by atoms with van der Waals surface area (Å²) in [4.78, 5) is 27.4. The summed E-state index contributed by atoms with van der Waals surface area (Å²) in [5.74, 6) is 0.826. The fourth-order valence-corrected chi connectivity index (χ4v) is 4.93. The summed E-state index contributed by atoms with van der Waals surface area (Å²) in [5.41, 5.74) is 3.30. The van der Waals surface area contributed by atoms with Gasteiger partial charge in [-0.2, -0.15) is 0 Å². The number of carbonyl (C=O) groups excluding carboxylic acids is 1. The zero-order valence-corrected chi connectivity index (χ0v) is 22.1. The smallest absolute Gasteiger partial charge is 0.272 e. The third-order valence-electron chi connectivity index (χ3n) is 7.04. The minimum Gasteiger partial charge on any atom is -0.337 e. The first-order chi connectivity index (χ1) is 17.7. The number of para-hydroxylation sites is 1. The van der Waals surface area contributed by atoms with E-state index in [1.54, 1.807) is 6.20 Å². The number of nitrogens with one attached hydrogen (secondary N) is 1. The molecule has 37 heavy (non-hydrogen) atoms. The summed E-state index contributed by atoms with van der Waals surface area (Å²) in [6.45, 7) is 10.2. The number of aryl methyl sites for hydroxylation is 1. The van der Waals surface area contributed by atoms with Crippen LogP contribution < -0.4 is 5.32 Å². The standard InChI is InChI=1S/C29H42N6O.CH4/c1-3-5-19-34(20-6-4-2)28(36)25-22-27-26(23-30-25)32-29(31-24-14-9-7-10-15-24)35(27)21-13-18-33-16-11-8-12-17-33;/h7,9-10,14-15,22-23H,3-6,8,11-13,16-21H2,1-2H3,(H,31,32);1H4. The van der Waals surface area contributed by atoms with Gasteiger partial charge in [0.25, 0.3) is 5.91 Å². The first-order valence-corrected chi connectivity index (χ1v) is 13.9. The van der Waals surface area contributed by atoms with Crippen LogP contribution in [0.25, 0.3) is 11.0 Å². The molecule has 7 heteroatoms. The average molecular weight is 507 g/mol. The number of hydrogen-bond acceptors (Lipinski definition) is 5. The lowest BCUT2D eigenvalue weighted by Crippen LogP contribution is -2.33. The molecule has 0 aliphatic carbocycles. The molecule has 3 aromatic rings. The number of rotatable bonds is 13. The predicted molar refractivity (Wildman–Crippen MR) is 155 cm³/mol. The quantitative estimate of drug-likeness (QED) is 0.278. The number of amides is 1. The van der Waals surface area contributed by atoms with Crippen molar-refractivity contribution in [3.05, 3.63) is 48.3 Å². The topological polar surface area (TPSA) is 66.3 Å². The van der Waals surface area contributed by atoms with Gasteiger partial charge in [0.1, 0.15) is 11.2 Å². The number of imidazole rings is 1. The highest BCUT2D eigenvalue weighted by atomic mass is 16.2. The van der Waals surface area contributed by atoms with E-state index in [2.05, 4.69) is 33.6 Å². The summed E-state index contributed by atoms with van der Waals surface area (Å²) in [5, 5.41) is 3.49. The Morgan fingerprint density at radius 1 is 0.973 bits per heavy atom. The van der Waals surface area contributed by atoms with Gasteiger partial charge in [0.15, 0.2) is 0 Å². The van der Waals surface area contributed by atoms with Gasteiger partial charge in [0, 0.05) is 25.3 Å². The van der Waals surface area contributed by atoms with Crippen molar-refractivity contribution in [3.8, 4) is 0 Å². The number of carbonyl (C=O) groups is 1. The molecule has 202 valence electrons. The van der Waals surface area contributed by atoms with Crippen LogP contribution in [0.5, 0.6) is 0 Å². The maximum atomic E-state index is 13.4.